The summed E-state index contributed by atoms with van der Waals surface area (Å²) in [6.45, 7) is 3.63. The van der Waals surface area contributed by atoms with Crippen LogP contribution in [0.2, 0.25) is 6.82 Å². The van der Waals surface area contributed by atoms with E-state index in [1.807, 2.05) is 25.0 Å². The van der Waals surface area contributed by atoms with Crippen LogP contribution in [0.3, 0.4) is 0 Å². The fourth-order valence-corrected chi connectivity index (χ4v) is 3.97. The highest BCUT2D eigenvalue weighted by molar-refractivity contribution is 6.45. The van der Waals surface area contributed by atoms with Crippen molar-refractivity contribution in [3.63, 3.8) is 0 Å². The van der Waals surface area contributed by atoms with Crippen LogP contribution in [-0.4, -0.2) is 40.1 Å². The number of hydrogen-bond acceptors (Lipinski definition) is 3. The van der Waals surface area contributed by atoms with Crippen LogP contribution in [-0.2, 0) is 6.61 Å². The Hall–Kier alpha value is -2.08. The Kier molecular flexibility index (Phi) is 4.38. The number of nitrogens with zero attached hydrogens (tertiary/aromatic N) is 1. The molecule has 1 aliphatic heterocycles. The lowest BCUT2D eigenvalue weighted by atomic mass is 9.85. The lowest BCUT2D eigenvalue weighted by molar-refractivity contribution is 0.283. The molecule has 0 aliphatic carbocycles. The third-order valence-electron chi connectivity index (χ3n) is 5.37. The number of aromatic nitrogens is 1. The maximum absolute atomic E-state index is 9.84. The van der Waals surface area contributed by atoms with Crippen molar-refractivity contribution in [2.24, 2.45) is 0 Å². The van der Waals surface area contributed by atoms with Crippen LogP contribution in [0.4, 0.5) is 0 Å². The molecule has 4 rings (SSSR count). The van der Waals surface area contributed by atoms with Crippen molar-refractivity contribution in [1.82, 2.24) is 9.79 Å². The number of aliphatic hydroxyl groups excluding tert-OH is 1. The van der Waals surface area contributed by atoms with Crippen LogP contribution in [0.25, 0.3) is 22.0 Å². The topological polar surface area (TPSA) is 59.5 Å². The van der Waals surface area contributed by atoms with Crippen LogP contribution in [0.5, 0.6) is 0 Å². The molecule has 1 aliphatic rings. The molecule has 128 valence electrons. The standard InChI is InChI=1S/C20H23BN2O2/c1-21(25)23-8-7-15(12-23)19-11-22-20-17(13-24)9-16(10-18(19)20)14-5-3-2-4-6-14/h2-6,9-11,15,22,24-25H,7-8,12-13H2,1H3. The van der Waals surface area contributed by atoms with Gasteiger partial charge in [-0.15, -0.1) is 0 Å². The van der Waals surface area contributed by atoms with Gasteiger partial charge >= 0.3 is 7.05 Å². The van der Waals surface area contributed by atoms with E-state index in [2.05, 4.69) is 40.3 Å². The zero-order valence-electron chi connectivity index (χ0n) is 14.4. The maximum atomic E-state index is 9.84. The Labute approximate surface area is 148 Å². The highest BCUT2D eigenvalue weighted by Gasteiger charge is 2.30. The van der Waals surface area contributed by atoms with E-state index in [4.69, 9.17) is 0 Å². The molecule has 1 unspecified atom stereocenters. The van der Waals surface area contributed by atoms with Gasteiger partial charge in [0.15, 0.2) is 0 Å². The Morgan fingerprint density at radius 2 is 2.00 bits per heavy atom. The number of aromatic amines is 1. The molecule has 0 bridgehead atoms. The summed E-state index contributed by atoms with van der Waals surface area (Å²) in [5, 5.41) is 20.9. The molecule has 2 aromatic carbocycles. The predicted octanol–water partition coefficient (Wildman–Crippen LogP) is 3.23. The molecule has 1 aromatic heterocycles. The number of H-pyrrole nitrogens is 1. The smallest absolute Gasteiger partial charge is 0.376 e. The van der Waals surface area contributed by atoms with E-state index < -0.39 is 7.05 Å². The molecule has 3 N–H and O–H groups in total. The Balaban J connectivity index is 1.79. The summed E-state index contributed by atoms with van der Waals surface area (Å²) < 4.78 is 0. The van der Waals surface area contributed by atoms with E-state index in [1.54, 1.807) is 0 Å². The van der Waals surface area contributed by atoms with Gasteiger partial charge < -0.3 is 19.9 Å². The van der Waals surface area contributed by atoms with Crippen molar-refractivity contribution in [3.05, 3.63) is 59.8 Å². The quantitative estimate of drug-likeness (QED) is 0.642. The zero-order valence-corrected chi connectivity index (χ0v) is 14.4. The maximum Gasteiger partial charge on any atom is 0.376 e. The van der Waals surface area contributed by atoms with Gasteiger partial charge in [0.2, 0.25) is 0 Å². The minimum absolute atomic E-state index is 0.0155. The molecular formula is C20H23BN2O2. The number of rotatable bonds is 4. The summed E-state index contributed by atoms with van der Waals surface area (Å²) >= 11 is 0. The van der Waals surface area contributed by atoms with Crippen molar-refractivity contribution < 1.29 is 10.1 Å². The van der Waals surface area contributed by atoms with Crippen molar-refractivity contribution in [3.8, 4) is 11.1 Å². The van der Waals surface area contributed by atoms with Crippen molar-refractivity contribution >= 4 is 18.0 Å². The molecule has 0 spiro atoms. The van der Waals surface area contributed by atoms with E-state index >= 15 is 0 Å². The molecule has 5 heteroatoms. The molecule has 4 nitrogen and oxygen atoms in total. The van der Waals surface area contributed by atoms with Crippen molar-refractivity contribution in [2.75, 3.05) is 13.1 Å². The second-order valence-electron chi connectivity index (χ2n) is 6.94. The first-order valence-electron chi connectivity index (χ1n) is 8.89. The van der Waals surface area contributed by atoms with Crippen LogP contribution in [0.15, 0.2) is 48.7 Å². The first-order chi connectivity index (χ1) is 12.2. The minimum atomic E-state index is -0.400. The number of hydrogen-bond donors (Lipinski definition) is 3. The summed E-state index contributed by atoms with van der Waals surface area (Å²) in [6, 6.07) is 14.6. The second-order valence-corrected chi connectivity index (χ2v) is 6.94. The van der Waals surface area contributed by atoms with Gasteiger partial charge in [-0.25, -0.2) is 0 Å². The van der Waals surface area contributed by atoms with Gasteiger partial charge in [-0.2, -0.15) is 0 Å². The monoisotopic (exact) mass is 334 g/mol. The van der Waals surface area contributed by atoms with Crippen molar-refractivity contribution in [1.29, 1.82) is 0 Å². The normalized spacial score (nSPS) is 18.1. The van der Waals surface area contributed by atoms with E-state index in [-0.39, 0.29) is 6.61 Å². The molecular weight excluding hydrogens is 311 g/mol. The lowest BCUT2D eigenvalue weighted by Gasteiger charge is -2.16. The third kappa shape index (κ3) is 2.99. The van der Waals surface area contributed by atoms with E-state index in [0.717, 1.165) is 41.7 Å². The van der Waals surface area contributed by atoms with E-state index in [9.17, 15) is 10.1 Å². The lowest BCUT2D eigenvalue weighted by Crippen LogP contribution is -2.34. The first-order valence-corrected chi connectivity index (χ1v) is 8.89. The SMILES string of the molecule is CB(O)N1CCC(c2c[nH]c3c(CO)cc(-c4ccccc4)cc23)C1. The fourth-order valence-electron chi connectivity index (χ4n) is 3.97. The largest absolute Gasteiger partial charge is 0.437 e. The van der Waals surface area contributed by atoms with Gasteiger partial charge in [-0.1, -0.05) is 30.3 Å². The van der Waals surface area contributed by atoms with Crippen LogP contribution in [0.1, 0.15) is 23.5 Å². The van der Waals surface area contributed by atoms with Crippen LogP contribution < -0.4 is 0 Å². The zero-order chi connectivity index (χ0) is 17.4. The summed E-state index contributed by atoms with van der Waals surface area (Å²) in [6.07, 6.45) is 3.12. The molecule has 0 radical (unpaired) electrons. The highest BCUT2D eigenvalue weighted by Crippen LogP contribution is 2.36. The highest BCUT2D eigenvalue weighted by atomic mass is 16.3. The minimum Gasteiger partial charge on any atom is -0.437 e. The Bertz CT molecular complexity index is 876. The summed E-state index contributed by atoms with van der Waals surface area (Å²) in [5.74, 6) is 0.404. The molecule has 2 heterocycles. The molecule has 3 aromatic rings. The molecule has 25 heavy (non-hydrogen) atoms. The number of aliphatic hydroxyl groups is 1. The molecule has 1 saturated heterocycles. The average molecular weight is 334 g/mol. The van der Waals surface area contributed by atoms with E-state index in [0.29, 0.717) is 5.92 Å². The average Bonchev–Trinajstić information content (AvgIpc) is 3.28. The van der Waals surface area contributed by atoms with Gasteiger partial charge in [-0.3, -0.25) is 0 Å². The van der Waals surface area contributed by atoms with Gasteiger partial charge in [0, 0.05) is 17.1 Å². The van der Waals surface area contributed by atoms with Gasteiger partial charge in [0.05, 0.1) is 12.1 Å². The summed E-state index contributed by atoms with van der Waals surface area (Å²) in [5.41, 5.74) is 5.51. The van der Waals surface area contributed by atoms with Gasteiger partial charge in [-0.05, 0) is 61.1 Å². The molecule has 0 amide bonds. The second kappa shape index (κ2) is 6.67. The Morgan fingerprint density at radius 1 is 1.20 bits per heavy atom. The summed E-state index contributed by atoms with van der Waals surface area (Å²) in [7, 11) is -0.400. The molecule has 1 atom stereocenters. The fraction of sp³-hybridized carbons (Fsp3) is 0.300. The van der Waals surface area contributed by atoms with Gasteiger partial charge in [0.1, 0.15) is 0 Å². The third-order valence-corrected chi connectivity index (χ3v) is 5.37. The van der Waals surface area contributed by atoms with Crippen molar-refractivity contribution in [2.45, 2.75) is 25.8 Å². The van der Waals surface area contributed by atoms with E-state index in [1.165, 1.54) is 10.9 Å². The predicted molar refractivity (Wildman–Crippen MR) is 102 cm³/mol. The Morgan fingerprint density at radius 3 is 2.68 bits per heavy atom. The molecule has 0 saturated carbocycles. The summed E-state index contributed by atoms with van der Waals surface area (Å²) in [4.78, 5) is 5.47. The molecule has 1 fully saturated rings. The first kappa shape index (κ1) is 16.4. The van der Waals surface area contributed by atoms with Crippen LogP contribution in [0, 0.1) is 0 Å². The number of benzene rings is 2. The number of nitrogens with one attached hydrogen (secondary N) is 1. The van der Waals surface area contributed by atoms with Crippen LogP contribution >= 0.6 is 0 Å². The number of fused-ring (bicyclic) bond motifs is 1. The van der Waals surface area contributed by atoms with Gasteiger partial charge in [0.25, 0.3) is 0 Å².